The predicted octanol–water partition coefficient (Wildman–Crippen LogP) is 1.38. The SMILES string of the molecule is O=S(O)CCNc1cccs1. The Morgan fingerprint density at radius 2 is 2.55 bits per heavy atom. The molecule has 0 amide bonds. The molecule has 1 aromatic heterocycles. The fourth-order valence-electron chi connectivity index (χ4n) is 0.641. The van der Waals surface area contributed by atoms with Crippen molar-refractivity contribution in [3.05, 3.63) is 17.5 Å². The molecule has 0 aliphatic carbocycles. The van der Waals surface area contributed by atoms with E-state index < -0.39 is 11.1 Å². The topological polar surface area (TPSA) is 49.3 Å². The number of hydrogen-bond acceptors (Lipinski definition) is 3. The Bertz CT molecular complexity index is 222. The molecule has 3 nitrogen and oxygen atoms in total. The van der Waals surface area contributed by atoms with Crippen molar-refractivity contribution < 1.29 is 8.76 Å². The van der Waals surface area contributed by atoms with Crippen LogP contribution in [0.4, 0.5) is 5.00 Å². The zero-order valence-corrected chi connectivity index (χ0v) is 7.45. The molecule has 11 heavy (non-hydrogen) atoms. The van der Waals surface area contributed by atoms with E-state index in [0.717, 1.165) is 5.00 Å². The first-order valence-corrected chi connectivity index (χ1v) is 5.29. The van der Waals surface area contributed by atoms with Crippen molar-refractivity contribution in [1.29, 1.82) is 0 Å². The molecule has 62 valence electrons. The van der Waals surface area contributed by atoms with E-state index in [1.807, 2.05) is 17.5 Å². The number of hydrogen-bond donors (Lipinski definition) is 2. The van der Waals surface area contributed by atoms with Crippen LogP contribution < -0.4 is 5.32 Å². The number of thiophene rings is 1. The van der Waals surface area contributed by atoms with Crippen molar-refractivity contribution in [2.45, 2.75) is 0 Å². The van der Waals surface area contributed by atoms with Crippen LogP contribution in [0.2, 0.25) is 0 Å². The van der Waals surface area contributed by atoms with E-state index in [9.17, 15) is 4.21 Å². The van der Waals surface area contributed by atoms with Crippen LogP contribution in [0.15, 0.2) is 17.5 Å². The van der Waals surface area contributed by atoms with Crippen LogP contribution in [0.5, 0.6) is 0 Å². The van der Waals surface area contributed by atoms with Crippen molar-refractivity contribution in [1.82, 2.24) is 0 Å². The second-order valence-electron chi connectivity index (χ2n) is 1.93. The van der Waals surface area contributed by atoms with Crippen molar-refractivity contribution in [2.24, 2.45) is 0 Å². The third-order valence-electron chi connectivity index (χ3n) is 1.10. The van der Waals surface area contributed by atoms with Gasteiger partial charge in [-0.05, 0) is 17.5 Å². The maximum Gasteiger partial charge on any atom is 0.154 e. The smallest absolute Gasteiger partial charge is 0.154 e. The molecule has 1 unspecified atom stereocenters. The molecular weight excluding hydrogens is 182 g/mol. The van der Waals surface area contributed by atoms with Gasteiger partial charge in [0.05, 0.1) is 10.8 Å². The zero-order chi connectivity index (χ0) is 8.10. The Kier molecular flexibility index (Phi) is 3.55. The Labute approximate surface area is 71.7 Å². The number of rotatable bonds is 4. The summed E-state index contributed by atoms with van der Waals surface area (Å²) < 4.78 is 18.6. The molecule has 1 atom stereocenters. The minimum absolute atomic E-state index is 0.276. The van der Waals surface area contributed by atoms with Gasteiger partial charge in [-0.2, -0.15) is 0 Å². The molecule has 1 rings (SSSR count). The standard InChI is InChI=1S/C6H9NO2S2/c8-11(9)5-3-7-6-2-1-4-10-6/h1-2,4,7H,3,5H2,(H,8,9). The van der Waals surface area contributed by atoms with E-state index in [0.29, 0.717) is 6.54 Å². The highest BCUT2D eigenvalue weighted by Crippen LogP contribution is 2.13. The Morgan fingerprint density at radius 1 is 1.73 bits per heavy atom. The fourth-order valence-corrected chi connectivity index (χ4v) is 1.56. The van der Waals surface area contributed by atoms with Crippen LogP contribution in [0, 0.1) is 0 Å². The van der Waals surface area contributed by atoms with Crippen LogP contribution in [-0.4, -0.2) is 21.1 Å². The van der Waals surface area contributed by atoms with Gasteiger partial charge in [-0.1, -0.05) is 0 Å². The molecule has 0 aliphatic heterocycles. The minimum atomic E-state index is -1.68. The van der Waals surface area contributed by atoms with Gasteiger partial charge in [-0.3, -0.25) is 0 Å². The second-order valence-corrected chi connectivity index (χ2v) is 3.93. The summed E-state index contributed by atoms with van der Waals surface area (Å²) in [5.74, 6) is 0.276. The molecule has 0 radical (unpaired) electrons. The summed E-state index contributed by atoms with van der Waals surface area (Å²) in [7, 11) is 0. The van der Waals surface area contributed by atoms with Gasteiger partial charge in [0.1, 0.15) is 0 Å². The average molecular weight is 191 g/mol. The summed E-state index contributed by atoms with van der Waals surface area (Å²) >= 11 is -0.102. The molecule has 1 heterocycles. The van der Waals surface area contributed by atoms with Gasteiger partial charge in [0, 0.05) is 6.54 Å². The number of nitrogens with one attached hydrogen (secondary N) is 1. The van der Waals surface area contributed by atoms with Crippen molar-refractivity contribution in [3.63, 3.8) is 0 Å². The minimum Gasteiger partial charge on any atom is -0.376 e. The lowest BCUT2D eigenvalue weighted by molar-refractivity contribution is 0.565. The van der Waals surface area contributed by atoms with Crippen molar-refractivity contribution in [3.8, 4) is 0 Å². The zero-order valence-electron chi connectivity index (χ0n) is 5.82. The van der Waals surface area contributed by atoms with E-state index in [2.05, 4.69) is 5.32 Å². The summed E-state index contributed by atoms with van der Waals surface area (Å²) in [5, 5.41) is 6.02. The van der Waals surface area contributed by atoms with Crippen molar-refractivity contribution >= 4 is 27.4 Å². The third kappa shape index (κ3) is 3.50. The van der Waals surface area contributed by atoms with E-state index in [4.69, 9.17) is 4.55 Å². The molecular formula is C6H9NO2S2. The maximum atomic E-state index is 10.2. The van der Waals surface area contributed by atoms with Crippen LogP contribution in [0.1, 0.15) is 0 Å². The summed E-state index contributed by atoms with van der Waals surface area (Å²) in [4.78, 5) is 0. The third-order valence-corrected chi connectivity index (χ3v) is 2.48. The van der Waals surface area contributed by atoms with Gasteiger partial charge < -0.3 is 9.87 Å². The largest absolute Gasteiger partial charge is 0.376 e. The van der Waals surface area contributed by atoms with Crippen LogP contribution in [0.3, 0.4) is 0 Å². The molecule has 5 heteroatoms. The van der Waals surface area contributed by atoms with Crippen LogP contribution in [-0.2, 0) is 11.1 Å². The molecule has 1 aromatic rings. The van der Waals surface area contributed by atoms with E-state index in [1.165, 1.54) is 0 Å². The van der Waals surface area contributed by atoms with Gasteiger partial charge in [0.15, 0.2) is 11.1 Å². The molecule has 0 aromatic carbocycles. The van der Waals surface area contributed by atoms with E-state index >= 15 is 0 Å². The van der Waals surface area contributed by atoms with E-state index in [1.54, 1.807) is 11.3 Å². The van der Waals surface area contributed by atoms with Gasteiger partial charge in [-0.15, -0.1) is 11.3 Å². The van der Waals surface area contributed by atoms with Gasteiger partial charge in [0.2, 0.25) is 0 Å². The molecule has 2 N–H and O–H groups in total. The Morgan fingerprint density at radius 3 is 3.09 bits per heavy atom. The average Bonchev–Trinajstić information content (AvgIpc) is 2.39. The predicted molar refractivity (Wildman–Crippen MR) is 48.4 cm³/mol. The fraction of sp³-hybridized carbons (Fsp3) is 0.333. The first-order chi connectivity index (χ1) is 5.29. The summed E-state index contributed by atoms with van der Waals surface area (Å²) in [6.07, 6.45) is 0. The molecule has 0 saturated carbocycles. The first kappa shape index (κ1) is 8.70. The normalized spacial score (nSPS) is 12.8. The Balaban J connectivity index is 2.19. The molecule has 0 fully saturated rings. The van der Waals surface area contributed by atoms with Gasteiger partial charge in [0.25, 0.3) is 0 Å². The highest BCUT2D eigenvalue weighted by atomic mass is 32.2. The first-order valence-electron chi connectivity index (χ1n) is 3.14. The van der Waals surface area contributed by atoms with Crippen LogP contribution in [0.25, 0.3) is 0 Å². The maximum absolute atomic E-state index is 10.2. The van der Waals surface area contributed by atoms with Crippen LogP contribution >= 0.6 is 11.3 Å². The molecule has 0 spiro atoms. The Hall–Kier alpha value is -0.390. The quantitative estimate of drug-likeness (QED) is 0.707. The lowest BCUT2D eigenvalue weighted by Crippen LogP contribution is -2.08. The van der Waals surface area contributed by atoms with Gasteiger partial charge in [-0.25, -0.2) is 4.21 Å². The van der Waals surface area contributed by atoms with E-state index in [-0.39, 0.29) is 5.75 Å². The summed E-state index contributed by atoms with van der Waals surface area (Å²) in [6, 6.07) is 3.87. The monoisotopic (exact) mass is 191 g/mol. The molecule has 0 saturated heterocycles. The lowest BCUT2D eigenvalue weighted by atomic mass is 10.6. The summed E-state index contributed by atoms with van der Waals surface area (Å²) in [6.45, 7) is 0.545. The van der Waals surface area contributed by atoms with Crippen molar-refractivity contribution in [2.75, 3.05) is 17.6 Å². The summed E-state index contributed by atoms with van der Waals surface area (Å²) in [5.41, 5.74) is 0. The lowest BCUT2D eigenvalue weighted by Gasteiger charge is -1.98. The number of anilines is 1. The molecule has 0 bridgehead atoms. The molecule has 0 aliphatic rings. The van der Waals surface area contributed by atoms with Gasteiger partial charge >= 0.3 is 0 Å². The highest BCUT2D eigenvalue weighted by Gasteiger charge is 1.93. The second kappa shape index (κ2) is 4.48. The highest BCUT2D eigenvalue weighted by molar-refractivity contribution is 7.79.